The Kier molecular flexibility index (Phi) is 40.7. The van der Waals surface area contributed by atoms with E-state index < -0.39 is 0 Å². The monoisotopic (exact) mass is 764 g/mol. The Bertz CT molecular complexity index is 781. The minimum absolute atomic E-state index is 0.00745. The second kappa shape index (κ2) is 41.6. The minimum atomic E-state index is -0.00745. The lowest BCUT2D eigenvalue weighted by Gasteiger charge is -2.27. The van der Waals surface area contributed by atoms with Gasteiger partial charge in [-0.25, -0.2) is 0 Å². The quantitative estimate of drug-likeness (QED) is 0.0381. The molecule has 1 unspecified atom stereocenters. The third-order valence-corrected chi connectivity index (χ3v) is 11.8. The third kappa shape index (κ3) is 34.2. The van der Waals surface area contributed by atoms with Crippen LogP contribution in [0, 0.1) is 11.8 Å². The van der Waals surface area contributed by atoms with Gasteiger partial charge in [0.1, 0.15) is 0 Å². The van der Waals surface area contributed by atoms with E-state index in [2.05, 4.69) is 52.5 Å². The fourth-order valence-corrected chi connectivity index (χ4v) is 8.03. The van der Waals surface area contributed by atoms with Gasteiger partial charge in [0.2, 0.25) is 0 Å². The van der Waals surface area contributed by atoms with E-state index in [1.165, 1.54) is 173 Å². The Labute approximate surface area is 339 Å². The molecule has 0 aliphatic carbocycles. The molecule has 0 aromatic carbocycles. The molecule has 0 fully saturated rings. The van der Waals surface area contributed by atoms with Gasteiger partial charge < -0.3 is 14.6 Å². The molecule has 0 spiro atoms. The Hall–Kier alpha value is -1.07. The highest BCUT2D eigenvalue weighted by Gasteiger charge is 2.13. The lowest BCUT2D eigenvalue weighted by atomic mass is 9.91. The molecule has 0 saturated carbocycles. The number of esters is 1. The average Bonchev–Trinajstić information content (AvgIpc) is 3.18. The fraction of sp³-hybridized carbons (Fsp3) is 0.939. The second-order valence-electron chi connectivity index (χ2n) is 16.9. The molecular formula is C49H97NO4. The summed E-state index contributed by atoms with van der Waals surface area (Å²) in [5, 5.41) is 9.86. The molecule has 0 heterocycles. The molecule has 1 N–H and O–H groups in total. The average molecular weight is 764 g/mol. The van der Waals surface area contributed by atoms with E-state index in [4.69, 9.17) is 9.47 Å². The van der Waals surface area contributed by atoms with Crippen molar-refractivity contribution in [2.75, 3.05) is 32.9 Å². The van der Waals surface area contributed by atoms with Crippen LogP contribution in [-0.2, 0) is 14.3 Å². The highest BCUT2D eigenvalue weighted by Crippen LogP contribution is 2.24. The van der Waals surface area contributed by atoms with Crippen LogP contribution in [0.25, 0.3) is 0 Å². The number of carbonyl (C=O) groups is 1. The van der Waals surface area contributed by atoms with Crippen molar-refractivity contribution in [3.63, 3.8) is 0 Å². The molecule has 5 nitrogen and oxygen atoms in total. The largest absolute Gasteiger partial charge is 0.498 e. The predicted octanol–water partition coefficient (Wildman–Crippen LogP) is 14.9. The van der Waals surface area contributed by atoms with Gasteiger partial charge in [-0.3, -0.25) is 9.69 Å². The zero-order chi connectivity index (χ0) is 39.7. The molecule has 0 aliphatic heterocycles. The number of ether oxygens (including phenoxy) is 2. The zero-order valence-electron chi connectivity index (χ0n) is 37.6. The van der Waals surface area contributed by atoms with Gasteiger partial charge in [-0.05, 0) is 96.2 Å². The lowest BCUT2D eigenvalue weighted by Crippen LogP contribution is -2.37. The summed E-state index contributed by atoms with van der Waals surface area (Å²) >= 11 is 0. The minimum Gasteiger partial charge on any atom is -0.498 e. The van der Waals surface area contributed by atoms with Crippen molar-refractivity contribution in [1.82, 2.24) is 4.90 Å². The van der Waals surface area contributed by atoms with Gasteiger partial charge in [-0.1, -0.05) is 169 Å². The molecular weight excluding hydrogens is 667 g/mol. The maximum absolute atomic E-state index is 12.3. The Morgan fingerprint density at radius 2 is 0.907 bits per heavy atom. The summed E-state index contributed by atoms with van der Waals surface area (Å²) < 4.78 is 11.8. The number of hydrogen-bond acceptors (Lipinski definition) is 5. The van der Waals surface area contributed by atoms with Crippen LogP contribution >= 0.6 is 0 Å². The molecule has 322 valence electrons. The predicted molar refractivity (Wildman–Crippen MR) is 236 cm³/mol. The molecule has 5 heteroatoms. The number of nitrogens with zero attached hydrogens (tertiary/aromatic N) is 1. The summed E-state index contributed by atoms with van der Waals surface area (Å²) in [6.45, 7) is 17.3. The van der Waals surface area contributed by atoms with Crippen molar-refractivity contribution < 1.29 is 19.4 Å². The number of aliphatic hydroxyl groups is 1. The normalized spacial score (nSPS) is 12.7. The Balaban J connectivity index is 4.04. The van der Waals surface area contributed by atoms with Gasteiger partial charge in [0, 0.05) is 18.9 Å². The van der Waals surface area contributed by atoms with E-state index >= 15 is 0 Å². The maximum Gasteiger partial charge on any atom is 0.305 e. The summed E-state index contributed by atoms with van der Waals surface area (Å²) in [7, 11) is 0. The highest BCUT2D eigenvalue weighted by atomic mass is 16.5. The molecule has 0 bridgehead atoms. The van der Waals surface area contributed by atoms with Crippen LogP contribution < -0.4 is 0 Å². The topological polar surface area (TPSA) is 59.0 Å². The van der Waals surface area contributed by atoms with Crippen molar-refractivity contribution >= 4 is 5.97 Å². The molecule has 54 heavy (non-hydrogen) atoms. The van der Waals surface area contributed by atoms with Crippen LogP contribution in [0.2, 0.25) is 0 Å². The Morgan fingerprint density at radius 1 is 0.519 bits per heavy atom. The van der Waals surface area contributed by atoms with E-state index in [1.807, 2.05) is 0 Å². The lowest BCUT2D eigenvalue weighted by molar-refractivity contribution is -0.144. The van der Waals surface area contributed by atoms with Crippen LogP contribution in [0.5, 0.6) is 0 Å². The van der Waals surface area contributed by atoms with Crippen molar-refractivity contribution in [1.29, 1.82) is 0 Å². The smallest absolute Gasteiger partial charge is 0.305 e. The summed E-state index contributed by atoms with van der Waals surface area (Å²) in [6, 6.07) is 0.222. The van der Waals surface area contributed by atoms with E-state index in [9.17, 15) is 9.90 Å². The first-order valence-corrected chi connectivity index (χ1v) is 24.2. The summed E-state index contributed by atoms with van der Waals surface area (Å²) in [5.41, 5.74) is 0. The summed E-state index contributed by atoms with van der Waals surface area (Å²) in [5.74, 6) is 2.88. The van der Waals surface area contributed by atoms with Crippen molar-refractivity contribution in [3.05, 3.63) is 11.8 Å². The molecule has 0 rings (SSSR count). The number of hydrogen-bond donors (Lipinski definition) is 1. The molecule has 0 aromatic rings. The molecule has 0 amide bonds. The van der Waals surface area contributed by atoms with E-state index in [-0.39, 0.29) is 18.6 Å². The second-order valence-corrected chi connectivity index (χ2v) is 16.9. The van der Waals surface area contributed by atoms with Crippen LogP contribution in [0.4, 0.5) is 0 Å². The van der Waals surface area contributed by atoms with Gasteiger partial charge in [-0.15, -0.1) is 0 Å². The first kappa shape index (κ1) is 52.9. The van der Waals surface area contributed by atoms with Crippen LogP contribution in [0.1, 0.15) is 247 Å². The highest BCUT2D eigenvalue weighted by molar-refractivity contribution is 5.69. The first-order chi connectivity index (χ1) is 26.4. The number of allylic oxidation sites excluding steroid dienone is 2. The van der Waals surface area contributed by atoms with Crippen LogP contribution in [0.3, 0.4) is 0 Å². The number of unbranched alkanes of at least 4 members (excludes halogenated alkanes) is 16. The molecule has 0 saturated heterocycles. The number of rotatable bonds is 43. The standard InChI is InChI=1S/C49H97NO4/c1-7-12-22-32-46(33-23-13-8-2)36-30-42-53-48(11-5)38-26-18-16-20-28-40-50(45(6)44-51)41-29-21-17-19-27-39-49(52)54-43-31-37-47(34-24-14-9-3)35-25-15-10-4/h11,45-47,51H,7-10,12-44H2,1-6H3/b48-11-. The summed E-state index contributed by atoms with van der Waals surface area (Å²) in [6.07, 6.45) is 42.0. The van der Waals surface area contributed by atoms with E-state index in [0.29, 0.717) is 13.0 Å². The number of aliphatic hydroxyl groups excluding tert-OH is 1. The van der Waals surface area contributed by atoms with Gasteiger partial charge in [-0.2, -0.15) is 0 Å². The molecule has 1 atom stereocenters. The molecule has 0 radical (unpaired) electrons. The Morgan fingerprint density at radius 3 is 1.33 bits per heavy atom. The molecule has 0 aliphatic rings. The summed E-state index contributed by atoms with van der Waals surface area (Å²) in [4.78, 5) is 14.8. The molecule has 0 aromatic heterocycles. The van der Waals surface area contributed by atoms with Gasteiger partial charge in [0.05, 0.1) is 25.6 Å². The van der Waals surface area contributed by atoms with E-state index in [1.54, 1.807) is 0 Å². The van der Waals surface area contributed by atoms with Crippen molar-refractivity contribution in [2.24, 2.45) is 11.8 Å². The van der Waals surface area contributed by atoms with Gasteiger partial charge in [0.15, 0.2) is 0 Å². The zero-order valence-corrected chi connectivity index (χ0v) is 37.6. The van der Waals surface area contributed by atoms with E-state index in [0.717, 1.165) is 63.6 Å². The van der Waals surface area contributed by atoms with Crippen molar-refractivity contribution in [3.8, 4) is 0 Å². The maximum atomic E-state index is 12.3. The van der Waals surface area contributed by atoms with Gasteiger partial charge >= 0.3 is 5.97 Å². The fourth-order valence-electron chi connectivity index (χ4n) is 8.03. The van der Waals surface area contributed by atoms with Crippen molar-refractivity contribution in [2.45, 2.75) is 253 Å². The van der Waals surface area contributed by atoms with Crippen LogP contribution in [-0.4, -0.2) is 54.9 Å². The third-order valence-electron chi connectivity index (χ3n) is 11.8. The number of carbonyl (C=O) groups excluding carboxylic acids is 1. The van der Waals surface area contributed by atoms with Gasteiger partial charge in [0.25, 0.3) is 0 Å². The SMILES string of the molecule is C/C=C(/CCCCCCCN(CCCCCCCC(=O)OCCCC(CCCCC)CCCCC)C(C)CO)OCCCC(CCCCC)CCCCC. The van der Waals surface area contributed by atoms with Crippen LogP contribution in [0.15, 0.2) is 11.8 Å². The first-order valence-electron chi connectivity index (χ1n) is 24.2.